The molecule has 0 bridgehead atoms. The van der Waals surface area contributed by atoms with Crippen LogP contribution in [0.25, 0.3) is 0 Å². The number of sulfonamides is 1. The van der Waals surface area contributed by atoms with E-state index in [-0.39, 0.29) is 5.91 Å². The van der Waals surface area contributed by atoms with Crippen molar-refractivity contribution in [3.05, 3.63) is 54.6 Å². The first-order chi connectivity index (χ1) is 13.4. The van der Waals surface area contributed by atoms with Gasteiger partial charge in [0.25, 0.3) is 0 Å². The number of amides is 1. The normalized spacial score (nSPS) is 15.7. The van der Waals surface area contributed by atoms with Gasteiger partial charge in [-0.15, -0.1) is 0 Å². The topological polar surface area (TPSA) is 66.9 Å². The maximum Gasteiger partial charge on any atom is 0.246 e. The van der Waals surface area contributed by atoms with Crippen LogP contribution in [0, 0.1) is 0 Å². The number of piperidine rings is 1. The van der Waals surface area contributed by atoms with E-state index in [1.54, 1.807) is 36.1 Å². The van der Waals surface area contributed by atoms with Crippen LogP contribution in [0.5, 0.6) is 11.5 Å². The minimum absolute atomic E-state index is 0.158. The van der Waals surface area contributed by atoms with E-state index < -0.39 is 16.1 Å². The van der Waals surface area contributed by atoms with Crippen LogP contribution in [-0.4, -0.2) is 44.6 Å². The van der Waals surface area contributed by atoms with Gasteiger partial charge in [0.1, 0.15) is 17.5 Å². The van der Waals surface area contributed by atoms with Crippen LogP contribution in [0.3, 0.4) is 0 Å². The molecule has 0 spiro atoms. The van der Waals surface area contributed by atoms with Crippen LogP contribution in [0.1, 0.15) is 26.2 Å². The van der Waals surface area contributed by atoms with E-state index >= 15 is 0 Å². The van der Waals surface area contributed by atoms with E-state index in [2.05, 4.69) is 0 Å². The molecule has 7 heteroatoms. The lowest BCUT2D eigenvalue weighted by Gasteiger charge is -2.34. The zero-order chi connectivity index (χ0) is 20.1. The average Bonchev–Trinajstić information content (AvgIpc) is 2.69. The van der Waals surface area contributed by atoms with Crippen molar-refractivity contribution in [2.75, 3.05) is 23.7 Å². The van der Waals surface area contributed by atoms with Crippen molar-refractivity contribution in [2.24, 2.45) is 0 Å². The molecule has 1 heterocycles. The smallest absolute Gasteiger partial charge is 0.246 e. The molecule has 6 nitrogen and oxygen atoms in total. The molecule has 0 radical (unpaired) electrons. The maximum atomic E-state index is 12.9. The molecule has 1 amide bonds. The highest BCUT2D eigenvalue weighted by Gasteiger charge is 2.32. The number of ether oxygens (including phenoxy) is 1. The first kappa shape index (κ1) is 20.2. The molecule has 1 fully saturated rings. The molecule has 1 atom stereocenters. The number of para-hydroxylation sites is 1. The molecular weight excluding hydrogens is 376 g/mol. The van der Waals surface area contributed by atoms with Crippen molar-refractivity contribution in [3.63, 3.8) is 0 Å². The van der Waals surface area contributed by atoms with Crippen LogP contribution in [0.4, 0.5) is 5.69 Å². The van der Waals surface area contributed by atoms with E-state index in [4.69, 9.17) is 4.74 Å². The van der Waals surface area contributed by atoms with Gasteiger partial charge in [0.15, 0.2) is 0 Å². The Morgan fingerprint density at radius 1 is 0.964 bits per heavy atom. The summed E-state index contributed by atoms with van der Waals surface area (Å²) in [6, 6.07) is 15.3. The van der Waals surface area contributed by atoms with Crippen molar-refractivity contribution >= 4 is 21.6 Å². The summed E-state index contributed by atoms with van der Waals surface area (Å²) in [4.78, 5) is 14.6. The second kappa shape index (κ2) is 8.65. The Morgan fingerprint density at radius 3 is 2.11 bits per heavy atom. The Hall–Kier alpha value is -2.54. The predicted octanol–water partition coefficient (Wildman–Crippen LogP) is 3.65. The lowest BCUT2D eigenvalue weighted by Crippen LogP contribution is -2.50. The highest BCUT2D eigenvalue weighted by molar-refractivity contribution is 7.92. The molecule has 0 saturated carbocycles. The zero-order valence-corrected chi connectivity index (χ0v) is 17.1. The molecule has 2 aromatic carbocycles. The van der Waals surface area contributed by atoms with Gasteiger partial charge in [-0.2, -0.15) is 0 Å². The fourth-order valence-corrected chi connectivity index (χ4v) is 4.64. The summed E-state index contributed by atoms with van der Waals surface area (Å²) in [5.41, 5.74) is 0.445. The standard InChI is InChI=1S/C21H26N2O4S/c1-17(21(24)22-15-7-4-8-16-22)23(28(2,25)26)18-11-13-20(14-12-18)27-19-9-5-3-6-10-19/h3,5-6,9-14,17H,4,7-8,15-16H2,1-2H3. The summed E-state index contributed by atoms with van der Waals surface area (Å²) >= 11 is 0. The van der Waals surface area contributed by atoms with E-state index in [9.17, 15) is 13.2 Å². The molecule has 1 aliphatic rings. The lowest BCUT2D eigenvalue weighted by molar-refractivity contribution is -0.132. The molecule has 150 valence electrons. The third-order valence-corrected chi connectivity index (χ3v) is 6.05. The lowest BCUT2D eigenvalue weighted by atomic mass is 10.1. The quantitative estimate of drug-likeness (QED) is 0.740. The largest absolute Gasteiger partial charge is 0.457 e. The summed E-state index contributed by atoms with van der Waals surface area (Å²) in [6.07, 6.45) is 4.16. The highest BCUT2D eigenvalue weighted by Crippen LogP contribution is 2.27. The molecule has 3 rings (SSSR count). The fraction of sp³-hybridized carbons (Fsp3) is 0.381. The molecule has 1 aliphatic heterocycles. The summed E-state index contributed by atoms with van der Waals surface area (Å²) in [7, 11) is -3.63. The highest BCUT2D eigenvalue weighted by atomic mass is 32.2. The molecule has 0 aromatic heterocycles. The van der Waals surface area contributed by atoms with Crippen molar-refractivity contribution in [1.82, 2.24) is 4.90 Å². The van der Waals surface area contributed by atoms with Gasteiger partial charge >= 0.3 is 0 Å². The number of nitrogens with zero attached hydrogens (tertiary/aromatic N) is 2. The number of hydrogen-bond acceptors (Lipinski definition) is 4. The van der Waals surface area contributed by atoms with Crippen molar-refractivity contribution in [3.8, 4) is 11.5 Å². The monoisotopic (exact) mass is 402 g/mol. The van der Waals surface area contributed by atoms with E-state index in [0.29, 0.717) is 30.3 Å². The van der Waals surface area contributed by atoms with E-state index in [1.165, 1.54) is 4.31 Å². The second-order valence-corrected chi connectivity index (χ2v) is 8.89. The number of carbonyl (C=O) groups excluding carboxylic acids is 1. The Balaban J connectivity index is 1.80. The fourth-order valence-electron chi connectivity index (χ4n) is 3.47. The van der Waals surface area contributed by atoms with Gasteiger partial charge in [0.05, 0.1) is 11.9 Å². The van der Waals surface area contributed by atoms with Gasteiger partial charge in [0.2, 0.25) is 15.9 Å². The molecule has 1 saturated heterocycles. The van der Waals surface area contributed by atoms with Crippen molar-refractivity contribution in [2.45, 2.75) is 32.2 Å². The number of carbonyl (C=O) groups is 1. The summed E-state index contributed by atoms with van der Waals surface area (Å²) in [5, 5.41) is 0. The van der Waals surface area contributed by atoms with Gasteiger partial charge in [-0.25, -0.2) is 8.42 Å². The van der Waals surface area contributed by atoms with E-state index in [0.717, 1.165) is 25.5 Å². The van der Waals surface area contributed by atoms with Crippen LogP contribution in [-0.2, 0) is 14.8 Å². The van der Waals surface area contributed by atoms with Gasteiger partial charge in [0, 0.05) is 13.1 Å². The number of rotatable bonds is 6. The Bertz CT molecular complexity index is 892. The minimum Gasteiger partial charge on any atom is -0.457 e. The number of anilines is 1. The SMILES string of the molecule is CC(C(=O)N1CCCCC1)N(c1ccc(Oc2ccccc2)cc1)S(C)(=O)=O. The molecular formula is C21H26N2O4S. The molecule has 2 aromatic rings. The summed E-state index contributed by atoms with van der Waals surface area (Å²) in [5.74, 6) is 1.14. The van der Waals surface area contributed by atoms with Crippen molar-refractivity contribution in [1.29, 1.82) is 0 Å². The predicted molar refractivity (Wildman–Crippen MR) is 110 cm³/mol. The van der Waals surface area contributed by atoms with Crippen LogP contribution < -0.4 is 9.04 Å². The van der Waals surface area contributed by atoms with Crippen LogP contribution >= 0.6 is 0 Å². The Morgan fingerprint density at radius 2 is 1.54 bits per heavy atom. The number of benzene rings is 2. The van der Waals surface area contributed by atoms with Crippen LogP contribution in [0.15, 0.2) is 54.6 Å². The third kappa shape index (κ3) is 4.84. The zero-order valence-electron chi connectivity index (χ0n) is 16.2. The van der Waals surface area contributed by atoms with Gasteiger partial charge in [-0.05, 0) is 62.6 Å². The summed E-state index contributed by atoms with van der Waals surface area (Å²) in [6.45, 7) is 3.02. The molecule has 0 N–H and O–H groups in total. The second-order valence-electron chi connectivity index (χ2n) is 7.03. The first-order valence-corrected chi connectivity index (χ1v) is 11.3. The van der Waals surface area contributed by atoms with Crippen LogP contribution in [0.2, 0.25) is 0 Å². The number of likely N-dealkylation sites (tertiary alicyclic amines) is 1. The maximum absolute atomic E-state index is 12.9. The van der Waals surface area contributed by atoms with Gasteiger partial charge in [-0.3, -0.25) is 9.10 Å². The molecule has 0 aliphatic carbocycles. The van der Waals surface area contributed by atoms with Gasteiger partial charge in [-0.1, -0.05) is 18.2 Å². The minimum atomic E-state index is -3.63. The average molecular weight is 403 g/mol. The molecule has 28 heavy (non-hydrogen) atoms. The molecule has 1 unspecified atom stereocenters. The Kier molecular flexibility index (Phi) is 6.24. The van der Waals surface area contributed by atoms with E-state index in [1.807, 2.05) is 30.3 Å². The number of hydrogen-bond donors (Lipinski definition) is 0. The summed E-state index contributed by atoms with van der Waals surface area (Å²) < 4.78 is 31.9. The Labute approximate surface area is 166 Å². The van der Waals surface area contributed by atoms with Gasteiger partial charge < -0.3 is 9.64 Å². The third-order valence-electron chi connectivity index (χ3n) is 4.80. The first-order valence-electron chi connectivity index (χ1n) is 9.47. The van der Waals surface area contributed by atoms with Crippen molar-refractivity contribution < 1.29 is 17.9 Å².